The van der Waals surface area contributed by atoms with Crippen molar-refractivity contribution in [3.8, 4) is 0 Å². The van der Waals surface area contributed by atoms with E-state index in [0.29, 0.717) is 22.7 Å². The van der Waals surface area contributed by atoms with E-state index in [1.54, 1.807) is 38.1 Å². The van der Waals surface area contributed by atoms with Gasteiger partial charge in [0.05, 0.1) is 11.4 Å². The number of fused-ring (bicyclic) bond motifs is 1. The Labute approximate surface area is 217 Å². The van der Waals surface area contributed by atoms with Gasteiger partial charge in [0, 0.05) is 18.1 Å². The highest BCUT2D eigenvalue weighted by Crippen LogP contribution is 2.27. The lowest BCUT2D eigenvalue weighted by Crippen LogP contribution is -2.40. The van der Waals surface area contributed by atoms with Gasteiger partial charge in [-0.2, -0.15) is 4.31 Å². The second-order valence-corrected chi connectivity index (χ2v) is 11.4. The number of carbonyl (C=O) groups excluding carboxylic acids is 1. The molecule has 0 aliphatic rings. The molecule has 0 saturated heterocycles. The zero-order chi connectivity index (χ0) is 25.9. The third kappa shape index (κ3) is 5.78. The molecule has 0 saturated carbocycles. The van der Waals surface area contributed by atoms with E-state index in [9.17, 15) is 13.2 Å². The minimum Gasteiger partial charge on any atom is -0.351 e. The van der Waals surface area contributed by atoms with Crippen LogP contribution in [-0.4, -0.2) is 25.2 Å². The normalized spacial score (nSPS) is 11.7. The van der Waals surface area contributed by atoms with Gasteiger partial charge in [-0.25, -0.2) is 8.42 Å². The van der Waals surface area contributed by atoms with Crippen LogP contribution in [0, 0.1) is 20.8 Å². The van der Waals surface area contributed by atoms with Crippen LogP contribution in [0.3, 0.4) is 0 Å². The van der Waals surface area contributed by atoms with Gasteiger partial charge in [-0.3, -0.25) is 4.79 Å². The molecule has 0 bridgehead atoms. The summed E-state index contributed by atoms with van der Waals surface area (Å²) in [6, 6.07) is 24.6. The maximum atomic E-state index is 13.9. The number of benzene rings is 4. The highest BCUT2D eigenvalue weighted by atomic mass is 35.5. The Balaban J connectivity index is 1.61. The number of aryl methyl sites for hydroxylation is 3. The van der Waals surface area contributed by atoms with E-state index in [1.807, 2.05) is 61.5 Å². The number of hydrogen-bond acceptors (Lipinski definition) is 3. The van der Waals surface area contributed by atoms with Crippen LogP contribution in [0.5, 0.6) is 0 Å². The monoisotopic (exact) mass is 520 g/mol. The first kappa shape index (κ1) is 25.9. The lowest BCUT2D eigenvalue weighted by molar-refractivity contribution is -0.121. The van der Waals surface area contributed by atoms with Crippen LogP contribution in [0.4, 0.5) is 0 Å². The fourth-order valence-corrected chi connectivity index (χ4v) is 6.50. The molecule has 4 rings (SSSR count). The molecule has 1 N–H and O–H groups in total. The van der Waals surface area contributed by atoms with Crippen LogP contribution in [0.2, 0.25) is 5.02 Å². The van der Waals surface area contributed by atoms with Crippen LogP contribution < -0.4 is 5.32 Å². The Kier molecular flexibility index (Phi) is 7.79. The van der Waals surface area contributed by atoms with Gasteiger partial charge in [0.25, 0.3) is 0 Å². The standard InChI is InChI=1S/C29H29ClN2O3S/c1-20-15-21(2)29(22(3)16-20)36(34,35)32(18-23-11-13-26(30)14-12-23)19-28(33)31-17-25-9-6-8-24-7-4-5-10-27(24)25/h4-16H,17-19H2,1-3H3,(H,31,33). The summed E-state index contributed by atoms with van der Waals surface area (Å²) in [5.41, 5.74) is 4.02. The molecule has 36 heavy (non-hydrogen) atoms. The maximum absolute atomic E-state index is 13.9. The van der Waals surface area contributed by atoms with E-state index in [-0.39, 0.29) is 23.9 Å². The van der Waals surface area contributed by atoms with Gasteiger partial charge in [-0.15, -0.1) is 0 Å². The van der Waals surface area contributed by atoms with Crippen molar-refractivity contribution in [1.82, 2.24) is 9.62 Å². The summed E-state index contributed by atoms with van der Waals surface area (Å²) in [5.74, 6) is -0.372. The van der Waals surface area contributed by atoms with E-state index < -0.39 is 10.0 Å². The molecule has 0 radical (unpaired) electrons. The quantitative estimate of drug-likeness (QED) is 0.313. The molecule has 186 valence electrons. The molecule has 0 aromatic heterocycles. The van der Waals surface area contributed by atoms with Crippen LogP contribution in [0.15, 0.2) is 83.8 Å². The second kappa shape index (κ2) is 10.8. The molecule has 1 amide bonds. The first-order valence-corrected chi connectivity index (χ1v) is 13.5. The van der Waals surface area contributed by atoms with Crippen molar-refractivity contribution < 1.29 is 13.2 Å². The van der Waals surface area contributed by atoms with Crippen molar-refractivity contribution in [1.29, 1.82) is 0 Å². The van der Waals surface area contributed by atoms with Crippen molar-refractivity contribution in [3.05, 3.63) is 112 Å². The SMILES string of the molecule is Cc1cc(C)c(S(=O)(=O)N(CC(=O)NCc2cccc3ccccc23)Cc2ccc(Cl)cc2)c(C)c1. The van der Waals surface area contributed by atoms with Gasteiger partial charge < -0.3 is 5.32 Å². The van der Waals surface area contributed by atoms with Gasteiger partial charge >= 0.3 is 0 Å². The second-order valence-electron chi connectivity index (χ2n) is 9.04. The number of amides is 1. The lowest BCUT2D eigenvalue weighted by atomic mass is 10.0. The summed E-state index contributed by atoms with van der Waals surface area (Å²) in [6.45, 7) is 5.55. The molecular weight excluding hydrogens is 492 g/mol. The Bertz CT molecular complexity index is 1490. The van der Waals surface area contributed by atoms with Gasteiger partial charge in [-0.05, 0) is 65.9 Å². The Morgan fingerprint density at radius 1 is 0.889 bits per heavy atom. The Morgan fingerprint density at radius 2 is 1.53 bits per heavy atom. The number of rotatable bonds is 8. The van der Waals surface area contributed by atoms with Gasteiger partial charge in [0.1, 0.15) is 0 Å². The van der Waals surface area contributed by atoms with E-state index in [0.717, 1.165) is 27.5 Å². The van der Waals surface area contributed by atoms with Crippen LogP contribution >= 0.6 is 11.6 Å². The Morgan fingerprint density at radius 3 is 2.22 bits per heavy atom. The molecule has 4 aromatic rings. The summed E-state index contributed by atoms with van der Waals surface area (Å²) < 4.78 is 29.0. The van der Waals surface area contributed by atoms with Crippen LogP contribution in [0.1, 0.15) is 27.8 Å². The number of nitrogens with zero attached hydrogens (tertiary/aromatic N) is 1. The molecule has 0 atom stereocenters. The third-order valence-corrected chi connectivity index (χ3v) is 8.50. The first-order valence-electron chi connectivity index (χ1n) is 11.7. The van der Waals surface area contributed by atoms with Crippen LogP contribution in [-0.2, 0) is 27.9 Å². The molecule has 0 fully saturated rings. The molecular formula is C29H29ClN2O3S. The molecule has 0 spiro atoms. The molecule has 7 heteroatoms. The van der Waals surface area contributed by atoms with E-state index in [4.69, 9.17) is 11.6 Å². The fourth-order valence-electron chi connectivity index (χ4n) is 4.58. The van der Waals surface area contributed by atoms with Crippen molar-refractivity contribution in [2.24, 2.45) is 0 Å². The number of halogens is 1. The number of carbonyl (C=O) groups is 1. The minimum atomic E-state index is -3.96. The summed E-state index contributed by atoms with van der Waals surface area (Å²) in [6.07, 6.45) is 0. The highest BCUT2D eigenvalue weighted by molar-refractivity contribution is 7.89. The largest absolute Gasteiger partial charge is 0.351 e. The van der Waals surface area contributed by atoms with Gasteiger partial charge in [0.2, 0.25) is 15.9 Å². The smallest absolute Gasteiger partial charge is 0.244 e. The third-order valence-electron chi connectivity index (χ3n) is 6.15. The van der Waals surface area contributed by atoms with Crippen molar-refractivity contribution in [3.63, 3.8) is 0 Å². The zero-order valence-electron chi connectivity index (χ0n) is 20.6. The number of nitrogens with one attached hydrogen (secondary N) is 1. The molecule has 0 heterocycles. The van der Waals surface area contributed by atoms with E-state index in [1.165, 1.54) is 4.31 Å². The van der Waals surface area contributed by atoms with Crippen molar-refractivity contribution >= 4 is 38.3 Å². The molecule has 0 unspecified atom stereocenters. The van der Waals surface area contributed by atoms with E-state index >= 15 is 0 Å². The minimum absolute atomic E-state index is 0.0495. The summed E-state index contributed by atoms with van der Waals surface area (Å²) >= 11 is 6.02. The van der Waals surface area contributed by atoms with Crippen molar-refractivity contribution in [2.45, 2.75) is 38.8 Å². The van der Waals surface area contributed by atoms with Crippen molar-refractivity contribution in [2.75, 3.05) is 6.54 Å². The van der Waals surface area contributed by atoms with Gasteiger partial charge in [0.15, 0.2) is 0 Å². The summed E-state index contributed by atoms with van der Waals surface area (Å²) in [7, 11) is -3.96. The lowest BCUT2D eigenvalue weighted by Gasteiger charge is -2.24. The maximum Gasteiger partial charge on any atom is 0.244 e. The predicted octanol–water partition coefficient (Wildman–Crippen LogP) is 5.93. The van der Waals surface area contributed by atoms with Gasteiger partial charge in [-0.1, -0.05) is 83.9 Å². The summed E-state index contributed by atoms with van der Waals surface area (Å²) in [4.78, 5) is 13.3. The van der Waals surface area contributed by atoms with E-state index in [2.05, 4.69) is 5.32 Å². The Hall–Kier alpha value is -3.19. The zero-order valence-corrected chi connectivity index (χ0v) is 22.2. The molecule has 5 nitrogen and oxygen atoms in total. The first-order chi connectivity index (χ1) is 17.1. The number of hydrogen-bond donors (Lipinski definition) is 1. The molecule has 0 aliphatic heterocycles. The number of sulfonamides is 1. The predicted molar refractivity (Wildman–Crippen MR) is 145 cm³/mol. The topological polar surface area (TPSA) is 66.5 Å². The average Bonchev–Trinajstić information content (AvgIpc) is 2.82. The summed E-state index contributed by atoms with van der Waals surface area (Å²) in [5, 5.41) is 5.61. The highest BCUT2D eigenvalue weighted by Gasteiger charge is 2.30. The molecule has 0 aliphatic carbocycles. The van der Waals surface area contributed by atoms with Crippen LogP contribution in [0.25, 0.3) is 10.8 Å². The average molecular weight is 521 g/mol. The molecule has 4 aromatic carbocycles. The fraction of sp³-hybridized carbons (Fsp3) is 0.207.